The van der Waals surface area contributed by atoms with E-state index in [0.29, 0.717) is 0 Å². The lowest BCUT2D eigenvalue weighted by Gasteiger charge is -2.27. The fourth-order valence-corrected chi connectivity index (χ4v) is 3.07. The Morgan fingerprint density at radius 3 is 2.42 bits per heavy atom. The van der Waals surface area contributed by atoms with E-state index in [0.717, 1.165) is 17.9 Å². The Labute approximate surface area is 113 Å². The second kappa shape index (κ2) is 4.78. The van der Waals surface area contributed by atoms with Crippen LogP contribution in [0.3, 0.4) is 0 Å². The molecule has 3 rings (SSSR count). The zero-order valence-electron chi connectivity index (χ0n) is 11.3. The van der Waals surface area contributed by atoms with Crippen LogP contribution >= 0.6 is 0 Å². The maximum atomic E-state index is 6.02. The van der Waals surface area contributed by atoms with Crippen LogP contribution in [0.1, 0.15) is 36.9 Å². The van der Waals surface area contributed by atoms with Crippen molar-refractivity contribution in [3.63, 3.8) is 0 Å². The lowest BCUT2D eigenvalue weighted by atomic mass is 9.79. The first-order chi connectivity index (χ1) is 9.23. The molecule has 4 nitrogen and oxygen atoms in total. The summed E-state index contributed by atoms with van der Waals surface area (Å²) < 4.78 is 0. The van der Waals surface area contributed by atoms with Crippen LogP contribution in [0.4, 0.5) is 0 Å². The molecule has 100 valence electrons. The van der Waals surface area contributed by atoms with Gasteiger partial charge in [-0.2, -0.15) is 15.0 Å². The van der Waals surface area contributed by atoms with Crippen molar-refractivity contribution in [3.05, 3.63) is 41.7 Å². The molecule has 1 fully saturated rings. The van der Waals surface area contributed by atoms with Crippen LogP contribution in [0.2, 0.25) is 0 Å². The zero-order valence-corrected chi connectivity index (χ0v) is 11.3. The van der Waals surface area contributed by atoms with E-state index in [4.69, 9.17) is 5.73 Å². The summed E-state index contributed by atoms with van der Waals surface area (Å²) in [5.74, 6) is 0. The number of nitrogens with zero attached hydrogens (tertiary/aromatic N) is 3. The Kier molecular flexibility index (Phi) is 3.11. The van der Waals surface area contributed by atoms with Gasteiger partial charge in [-0.1, -0.05) is 25.0 Å². The number of hydrogen-bond donors (Lipinski definition) is 1. The molecule has 19 heavy (non-hydrogen) atoms. The first kappa shape index (κ1) is 12.4. The molecule has 0 unspecified atom stereocenters. The molecule has 2 N–H and O–H groups in total. The van der Waals surface area contributed by atoms with Crippen molar-refractivity contribution in [2.24, 2.45) is 5.73 Å². The lowest BCUT2D eigenvalue weighted by Crippen LogP contribution is -2.31. The van der Waals surface area contributed by atoms with Crippen LogP contribution in [0.5, 0.6) is 0 Å². The minimum Gasteiger partial charge on any atom is -0.330 e. The Bertz CT molecular complexity index is 550. The normalized spacial score (nSPS) is 17.8. The largest absolute Gasteiger partial charge is 0.330 e. The molecule has 0 amide bonds. The van der Waals surface area contributed by atoms with E-state index < -0.39 is 0 Å². The number of hydrogen-bond acceptors (Lipinski definition) is 3. The molecule has 0 radical (unpaired) electrons. The highest BCUT2D eigenvalue weighted by atomic mass is 15.5. The summed E-state index contributed by atoms with van der Waals surface area (Å²) in [4.78, 5) is 1.67. The third-order valence-corrected chi connectivity index (χ3v) is 4.27. The van der Waals surface area contributed by atoms with Crippen LogP contribution in [0.15, 0.2) is 30.5 Å². The molecule has 0 bridgehead atoms. The van der Waals surface area contributed by atoms with Gasteiger partial charge in [0.15, 0.2) is 0 Å². The van der Waals surface area contributed by atoms with E-state index in [9.17, 15) is 0 Å². The average molecular weight is 256 g/mol. The van der Waals surface area contributed by atoms with Crippen molar-refractivity contribution < 1.29 is 0 Å². The van der Waals surface area contributed by atoms with Crippen molar-refractivity contribution >= 4 is 0 Å². The number of nitrogens with two attached hydrogens (primary N) is 1. The zero-order chi connectivity index (χ0) is 13.3. The molecule has 1 heterocycles. The summed E-state index contributed by atoms with van der Waals surface area (Å²) in [5, 5.41) is 8.56. The Morgan fingerprint density at radius 2 is 1.89 bits per heavy atom. The van der Waals surface area contributed by atoms with Crippen LogP contribution in [0.25, 0.3) is 5.69 Å². The molecular formula is C15H20N4. The molecule has 2 aromatic rings. The highest BCUT2D eigenvalue weighted by Crippen LogP contribution is 2.40. The molecule has 1 aromatic heterocycles. The molecule has 1 aliphatic carbocycles. The fraction of sp³-hybridized carbons (Fsp3) is 0.467. The van der Waals surface area contributed by atoms with Gasteiger partial charge < -0.3 is 5.73 Å². The van der Waals surface area contributed by atoms with Crippen LogP contribution in [0, 0.1) is 6.92 Å². The minimum absolute atomic E-state index is 0.200. The van der Waals surface area contributed by atoms with E-state index >= 15 is 0 Å². The average Bonchev–Trinajstić information content (AvgIpc) is 3.08. The Morgan fingerprint density at radius 1 is 1.21 bits per heavy atom. The topological polar surface area (TPSA) is 56.7 Å². The van der Waals surface area contributed by atoms with Crippen molar-refractivity contribution in [1.29, 1.82) is 0 Å². The van der Waals surface area contributed by atoms with Gasteiger partial charge in [-0.05, 0) is 37.5 Å². The predicted octanol–water partition coefficient (Wildman–Crippen LogP) is 2.35. The number of rotatable bonds is 3. The number of aryl methyl sites for hydroxylation is 1. The summed E-state index contributed by atoms with van der Waals surface area (Å²) >= 11 is 0. The van der Waals surface area contributed by atoms with E-state index in [1.54, 1.807) is 11.0 Å². The van der Waals surface area contributed by atoms with Gasteiger partial charge in [-0.15, -0.1) is 0 Å². The molecule has 1 aliphatic rings. The van der Waals surface area contributed by atoms with Gasteiger partial charge in [0.2, 0.25) is 0 Å². The molecule has 1 saturated carbocycles. The van der Waals surface area contributed by atoms with Gasteiger partial charge in [-0.3, -0.25) is 0 Å². The van der Waals surface area contributed by atoms with Crippen LogP contribution < -0.4 is 5.73 Å². The summed E-state index contributed by atoms with van der Waals surface area (Å²) in [6.07, 6.45) is 6.77. The highest BCUT2D eigenvalue weighted by Gasteiger charge is 2.33. The maximum Gasteiger partial charge on any atom is 0.0856 e. The maximum absolute atomic E-state index is 6.02. The van der Waals surface area contributed by atoms with Crippen LogP contribution in [-0.4, -0.2) is 21.5 Å². The van der Waals surface area contributed by atoms with Crippen molar-refractivity contribution in [3.8, 4) is 5.69 Å². The van der Waals surface area contributed by atoms with Gasteiger partial charge >= 0.3 is 0 Å². The monoisotopic (exact) mass is 256 g/mol. The standard InChI is InChI=1S/C15H20N4/c1-12-10-17-19(18-12)14-6-4-13(5-7-14)15(11-16)8-2-3-9-15/h4-7,10H,2-3,8-9,11,16H2,1H3. The van der Waals surface area contributed by atoms with E-state index in [2.05, 4.69) is 34.5 Å². The first-order valence-electron chi connectivity index (χ1n) is 6.93. The van der Waals surface area contributed by atoms with Crippen LogP contribution in [-0.2, 0) is 5.41 Å². The first-order valence-corrected chi connectivity index (χ1v) is 6.93. The summed E-state index contributed by atoms with van der Waals surface area (Å²) in [6, 6.07) is 8.55. The summed E-state index contributed by atoms with van der Waals surface area (Å²) in [5.41, 5.74) is 9.52. The van der Waals surface area contributed by atoms with Gasteiger partial charge in [0.25, 0.3) is 0 Å². The Hall–Kier alpha value is -1.68. The van der Waals surface area contributed by atoms with Gasteiger partial charge in [0.05, 0.1) is 17.6 Å². The Balaban J connectivity index is 1.90. The lowest BCUT2D eigenvalue weighted by molar-refractivity contribution is 0.453. The van der Waals surface area contributed by atoms with Gasteiger partial charge in [0, 0.05) is 12.0 Å². The second-order valence-electron chi connectivity index (χ2n) is 5.51. The molecule has 0 atom stereocenters. The SMILES string of the molecule is Cc1cnn(-c2ccc(C3(CN)CCCC3)cc2)n1. The molecule has 1 aromatic carbocycles. The van der Waals surface area contributed by atoms with E-state index in [-0.39, 0.29) is 5.41 Å². The van der Waals surface area contributed by atoms with Crippen molar-refractivity contribution in [1.82, 2.24) is 15.0 Å². The van der Waals surface area contributed by atoms with Gasteiger partial charge in [-0.25, -0.2) is 0 Å². The predicted molar refractivity (Wildman–Crippen MR) is 75.3 cm³/mol. The summed E-state index contributed by atoms with van der Waals surface area (Å²) in [6.45, 7) is 2.69. The van der Waals surface area contributed by atoms with E-state index in [1.807, 2.05) is 6.92 Å². The highest BCUT2D eigenvalue weighted by molar-refractivity contribution is 5.37. The number of benzene rings is 1. The molecular weight excluding hydrogens is 236 g/mol. The second-order valence-corrected chi connectivity index (χ2v) is 5.51. The molecule has 0 saturated heterocycles. The van der Waals surface area contributed by atoms with Crippen molar-refractivity contribution in [2.45, 2.75) is 38.0 Å². The minimum atomic E-state index is 0.200. The third-order valence-electron chi connectivity index (χ3n) is 4.27. The quantitative estimate of drug-likeness (QED) is 0.917. The number of aromatic nitrogens is 3. The molecule has 0 aliphatic heterocycles. The van der Waals surface area contributed by atoms with Gasteiger partial charge in [0.1, 0.15) is 0 Å². The molecule has 0 spiro atoms. The summed E-state index contributed by atoms with van der Waals surface area (Å²) in [7, 11) is 0. The van der Waals surface area contributed by atoms with Crippen molar-refractivity contribution in [2.75, 3.05) is 6.54 Å². The fourth-order valence-electron chi connectivity index (χ4n) is 3.07. The smallest absolute Gasteiger partial charge is 0.0856 e. The molecule has 4 heteroatoms. The van der Waals surface area contributed by atoms with E-state index in [1.165, 1.54) is 31.2 Å². The third kappa shape index (κ3) is 2.16.